The van der Waals surface area contributed by atoms with E-state index in [1.165, 1.54) is 250 Å². The maximum absolute atomic E-state index is 12.9. The van der Waals surface area contributed by atoms with Crippen molar-refractivity contribution in [1.82, 2.24) is 0 Å². The van der Waals surface area contributed by atoms with E-state index < -0.39 is 6.10 Å². The molecule has 77 heavy (non-hydrogen) atoms. The lowest BCUT2D eigenvalue weighted by atomic mass is 10.0. The highest BCUT2D eigenvalue weighted by Crippen LogP contribution is 2.18. The van der Waals surface area contributed by atoms with Crippen LogP contribution >= 0.6 is 0 Å². The van der Waals surface area contributed by atoms with Crippen LogP contribution in [0.5, 0.6) is 0 Å². The van der Waals surface area contributed by atoms with Gasteiger partial charge in [-0.25, -0.2) is 0 Å². The van der Waals surface area contributed by atoms with Crippen molar-refractivity contribution in [2.45, 2.75) is 374 Å². The molecule has 0 amide bonds. The van der Waals surface area contributed by atoms with Crippen LogP contribution in [0, 0.1) is 0 Å². The van der Waals surface area contributed by atoms with Gasteiger partial charge in [-0.15, -0.1) is 0 Å². The SMILES string of the molecule is CCCCCC/C=C\C/C=C\CCCCCCCCCC(=O)OC(COC(=O)CCCCCCCCCCCCCCCC)COC(=O)CCCCCCCCCCCCCCCCC/C=C\C/C=C\CCCCCCC. The van der Waals surface area contributed by atoms with E-state index in [1.807, 2.05) is 0 Å². The van der Waals surface area contributed by atoms with Gasteiger partial charge in [0, 0.05) is 19.3 Å². The van der Waals surface area contributed by atoms with Gasteiger partial charge in [-0.3, -0.25) is 14.4 Å². The van der Waals surface area contributed by atoms with Crippen molar-refractivity contribution in [3.63, 3.8) is 0 Å². The van der Waals surface area contributed by atoms with Crippen molar-refractivity contribution in [3.05, 3.63) is 48.6 Å². The fourth-order valence-corrected chi connectivity index (χ4v) is 10.2. The summed E-state index contributed by atoms with van der Waals surface area (Å²) in [7, 11) is 0. The molecule has 1 atom stereocenters. The van der Waals surface area contributed by atoms with Crippen molar-refractivity contribution in [2.24, 2.45) is 0 Å². The fraction of sp³-hybridized carbons (Fsp3) is 0.845. The van der Waals surface area contributed by atoms with Gasteiger partial charge in [0.15, 0.2) is 6.10 Å². The van der Waals surface area contributed by atoms with Gasteiger partial charge in [0.2, 0.25) is 0 Å². The van der Waals surface area contributed by atoms with Crippen LogP contribution < -0.4 is 0 Å². The quantitative estimate of drug-likeness (QED) is 0.0261. The minimum absolute atomic E-state index is 0.0717. The lowest BCUT2D eigenvalue weighted by Crippen LogP contribution is -2.30. The summed E-state index contributed by atoms with van der Waals surface area (Å²) in [5.41, 5.74) is 0. The van der Waals surface area contributed by atoms with Crippen molar-refractivity contribution in [2.75, 3.05) is 13.2 Å². The average molecular weight is 1080 g/mol. The molecule has 0 aromatic heterocycles. The number of esters is 3. The van der Waals surface area contributed by atoms with E-state index in [-0.39, 0.29) is 31.1 Å². The van der Waals surface area contributed by atoms with Crippen LogP contribution in [0.4, 0.5) is 0 Å². The van der Waals surface area contributed by atoms with E-state index in [4.69, 9.17) is 14.2 Å². The molecule has 0 aromatic rings. The molecule has 6 heteroatoms. The second kappa shape index (κ2) is 65.9. The van der Waals surface area contributed by atoms with Crippen molar-refractivity contribution in [3.8, 4) is 0 Å². The summed E-state index contributed by atoms with van der Waals surface area (Å²) >= 11 is 0. The molecule has 0 radical (unpaired) electrons. The molecule has 6 nitrogen and oxygen atoms in total. The largest absolute Gasteiger partial charge is 0.462 e. The molecule has 0 aliphatic rings. The first-order valence-electron chi connectivity index (χ1n) is 34.1. The highest BCUT2D eigenvalue weighted by Gasteiger charge is 2.19. The van der Waals surface area contributed by atoms with Crippen LogP contribution in [0.15, 0.2) is 48.6 Å². The molecular formula is C71H130O6. The lowest BCUT2D eigenvalue weighted by molar-refractivity contribution is -0.167. The summed E-state index contributed by atoms with van der Waals surface area (Å²) in [6.07, 6.45) is 82.7. The number of rotatable bonds is 63. The molecule has 0 fully saturated rings. The zero-order valence-corrected chi connectivity index (χ0v) is 51.7. The van der Waals surface area contributed by atoms with Gasteiger partial charge in [-0.1, -0.05) is 313 Å². The topological polar surface area (TPSA) is 78.9 Å². The Labute approximate surface area is 479 Å². The number of allylic oxidation sites excluding steroid dienone is 8. The van der Waals surface area contributed by atoms with Crippen LogP contribution in [0.1, 0.15) is 367 Å². The molecule has 0 saturated carbocycles. The van der Waals surface area contributed by atoms with Gasteiger partial charge in [0.25, 0.3) is 0 Å². The predicted octanol–water partition coefficient (Wildman–Crippen LogP) is 23.3. The number of hydrogen-bond acceptors (Lipinski definition) is 6. The van der Waals surface area contributed by atoms with E-state index in [2.05, 4.69) is 69.4 Å². The molecule has 0 aliphatic carbocycles. The molecule has 0 bridgehead atoms. The molecule has 0 heterocycles. The monoisotopic (exact) mass is 1080 g/mol. The smallest absolute Gasteiger partial charge is 0.306 e. The van der Waals surface area contributed by atoms with Gasteiger partial charge in [0.05, 0.1) is 0 Å². The maximum Gasteiger partial charge on any atom is 0.306 e. The third-order valence-corrected chi connectivity index (χ3v) is 15.3. The molecule has 0 saturated heterocycles. The van der Waals surface area contributed by atoms with Crippen LogP contribution in [-0.2, 0) is 28.6 Å². The second-order valence-electron chi connectivity index (χ2n) is 23.1. The van der Waals surface area contributed by atoms with E-state index >= 15 is 0 Å². The predicted molar refractivity (Wildman–Crippen MR) is 335 cm³/mol. The summed E-state index contributed by atoms with van der Waals surface area (Å²) in [6.45, 7) is 6.67. The first-order chi connectivity index (χ1) is 38.0. The average Bonchev–Trinajstić information content (AvgIpc) is 3.43. The highest BCUT2D eigenvalue weighted by molar-refractivity contribution is 5.71. The van der Waals surface area contributed by atoms with Gasteiger partial charge in [-0.2, -0.15) is 0 Å². The Morgan fingerprint density at radius 3 is 0.727 bits per heavy atom. The highest BCUT2D eigenvalue weighted by atomic mass is 16.6. The Morgan fingerprint density at radius 2 is 0.468 bits per heavy atom. The summed E-state index contributed by atoms with van der Waals surface area (Å²) in [5, 5.41) is 0. The fourth-order valence-electron chi connectivity index (χ4n) is 10.2. The van der Waals surface area contributed by atoms with Crippen molar-refractivity contribution < 1.29 is 28.6 Å². The van der Waals surface area contributed by atoms with Gasteiger partial charge >= 0.3 is 17.9 Å². The zero-order chi connectivity index (χ0) is 55.7. The normalized spacial score (nSPS) is 12.3. The van der Waals surface area contributed by atoms with Crippen LogP contribution in [0.2, 0.25) is 0 Å². The standard InChI is InChI=1S/C71H130O6/c1-4-7-10-13-16-19-22-25-28-30-32-33-34-35-36-37-38-39-40-42-43-46-49-52-55-58-61-64-70(73)76-67-68(66-75-69(72)63-60-57-54-51-48-45-27-24-21-18-15-12-9-6-3)77-71(74)65-62-59-56-53-50-47-44-41-31-29-26-23-20-17-14-11-8-5-2/h20,22-23,25,29-32,68H,4-19,21,24,26-28,33-67H2,1-3H3/b23-20-,25-22-,31-29-,32-30-. The van der Waals surface area contributed by atoms with Gasteiger partial charge < -0.3 is 14.2 Å². The second-order valence-corrected chi connectivity index (χ2v) is 23.1. The number of carbonyl (C=O) groups excluding carboxylic acids is 3. The van der Waals surface area contributed by atoms with Gasteiger partial charge in [0.1, 0.15) is 13.2 Å². The van der Waals surface area contributed by atoms with Crippen molar-refractivity contribution in [1.29, 1.82) is 0 Å². The van der Waals surface area contributed by atoms with E-state index in [9.17, 15) is 14.4 Å². The number of carbonyl (C=O) groups is 3. The van der Waals surface area contributed by atoms with Crippen LogP contribution in [-0.4, -0.2) is 37.2 Å². The van der Waals surface area contributed by atoms with Gasteiger partial charge in [-0.05, 0) is 83.5 Å². The Hall–Kier alpha value is -2.63. The van der Waals surface area contributed by atoms with Crippen LogP contribution in [0.25, 0.3) is 0 Å². The Morgan fingerprint density at radius 1 is 0.260 bits per heavy atom. The maximum atomic E-state index is 12.9. The lowest BCUT2D eigenvalue weighted by Gasteiger charge is -2.18. The molecule has 1 unspecified atom stereocenters. The minimum Gasteiger partial charge on any atom is -0.462 e. The summed E-state index contributed by atoms with van der Waals surface area (Å²) < 4.78 is 17.0. The Balaban J connectivity index is 4.25. The van der Waals surface area contributed by atoms with E-state index in [0.717, 1.165) is 77.0 Å². The third-order valence-electron chi connectivity index (χ3n) is 15.3. The van der Waals surface area contributed by atoms with Crippen LogP contribution in [0.3, 0.4) is 0 Å². The molecule has 0 aliphatic heterocycles. The molecule has 0 rings (SSSR count). The number of ether oxygens (including phenoxy) is 3. The third kappa shape index (κ3) is 64.1. The number of hydrogen-bond donors (Lipinski definition) is 0. The molecule has 450 valence electrons. The molecular weight excluding hydrogens is 949 g/mol. The van der Waals surface area contributed by atoms with E-state index in [0.29, 0.717) is 19.3 Å². The van der Waals surface area contributed by atoms with Crippen molar-refractivity contribution >= 4 is 17.9 Å². The molecule has 0 spiro atoms. The molecule has 0 N–H and O–H groups in total. The summed E-state index contributed by atoms with van der Waals surface area (Å²) in [4.78, 5) is 38.4. The Kier molecular flexibility index (Phi) is 63.6. The minimum atomic E-state index is -0.776. The Bertz CT molecular complexity index is 1330. The van der Waals surface area contributed by atoms with E-state index in [1.54, 1.807) is 0 Å². The molecule has 0 aromatic carbocycles. The zero-order valence-electron chi connectivity index (χ0n) is 51.7. The number of unbranched alkanes of at least 4 members (excludes halogenated alkanes) is 44. The summed E-state index contributed by atoms with van der Waals surface area (Å²) in [6, 6.07) is 0. The summed E-state index contributed by atoms with van der Waals surface area (Å²) in [5.74, 6) is -0.855. The first-order valence-corrected chi connectivity index (χ1v) is 34.1. The first kappa shape index (κ1) is 74.4.